The predicted octanol–water partition coefficient (Wildman–Crippen LogP) is 7.07. The summed E-state index contributed by atoms with van der Waals surface area (Å²) in [6, 6.07) is 14.4. The third kappa shape index (κ3) is 4.16. The standard InChI is InChI=1S/C23H19BrClFN2O2/c1-3-29-21-11-14(23-27-19-8-7-13(2)9-20(19)28-23)10-16(24)22(21)30-12-15-17(25)5-4-6-18(15)26/h4-11H,3,12H2,1-2H3,(H,27,28). The Morgan fingerprint density at radius 1 is 1.13 bits per heavy atom. The first-order chi connectivity index (χ1) is 14.5. The van der Waals surface area contributed by atoms with E-state index in [1.54, 1.807) is 12.1 Å². The van der Waals surface area contributed by atoms with Gasteiger partial charge < -0.3 is 14.5 Å². The van der Waals surface area contributed by atoms with Crippen LogP contribution in [0.15, 0.2) is 53.0 Å². The van der Waals surface area contributed by atoms with Crippen molar-refractivity contribution in [2.24, 2.45) is 0 Å². The van der Waals surface area contributed by atoms with E-state index in [4.69, 9.17) is 21.1 Å². The van der Waals surface area contributed by atoms with E-state index in [1.165, 1.54) is 6.07 Å². The van der Waals surface area contributed by atoms with E-state index in [0.29, 0.717) is 33.2 Å². The summed E-state index contributed by atoms with van der Waals surface area (Å²) in [6.07, 6.45) is 0. The molecule has 1 heterocycles. The quantitative estimate of drug-likeness (QED) is 0.315. The topological polar surface area (TPSA) is 47.1 Å². The Balaban J connectivity index is 1.69. The molecule has 0 aliphatic rings. The van der Waals surface area contributed by atoms with Gasteiger partial charge in [-0.3, -0.25) is 0 Å². The van der Waals surface area contributed by atoms with Crippen LogP contribution in [0.25, 0.3) is 22.4 Å². The normalized spacial score (nSPS) is 11.1. The summed E-state index contributed by atoms with van der Waals surface area (Å²) in [5.74, 6) is 1.32. The molecule has 0 aliphatic carbocycles. The van der Waals surface area contributed by atoms with Crippen molar-refractivity contribution in [2.75, 3.05) is 6.61 Å². The van der Waals surface area contributed by atoms with Gasteiger partial charge in [-0.1, -0.05) is 23.7 Å². The Hall–Kier alpha value is -2.57. The summed E-state index contributed by atoms with van der Waals surface area (Å²) in [6.45, 7) is 4.36. The Labute approximate surface area is 187 Å². The molecule has 3 aromatic carbocycles. The number of halogens is 3. The van der Waals surface area contributed by atoms with E-state index in [0.717, 1.165) is 28.0 Å². The lowest BCUT2D eigenvalue weighted by Gasteiger charge is -2.16. The maximum atomic E-state index is 14.1. The van der Waals surface area contributed by atoms with Gasteiger partial charge in [0, 0.05) is 11.1 Å². The van der Waals surface area contributed by atoms with Crippen molar-refractivity contribution in [3.63, 3.8) is 0 Å². The Morgan fingerprint density at radius 3 is 2.73 bits per heavy atom. The van der Waals surface area contributed by atoms with Crippen LogP contribution in [-0.4, -0.2) is 16.6 Å². The highest BCUT2D eigenvalue weighted by Crippen LogP contribution is 2.40. The van der Waals surface area contributed by atoms with Crippen LogP contribution >= 0.6 is 27.5 Å². The fourth-order valence-corrected chi connectivity index (χ4v) is 3.96. The van der Waals surface area contributed by atoms with Crippen molar-refractivity contribution >= 4 is 38.6 Å². The molecule has 0 amide bonds. The van der Waals surface area contributed by atoms with Crippen molar-refractivity contribution in [1.82, 2.24) is 9.97 Å². The number of imidazole rings is 1. The number of nitrogens with zero attached hydrogens (tertiary/aromatic N) is 1. The molecule has 0 saturated carbocycles. The summed E-state index contributed by atoms with van der Waals surface area (Å²) in [4.78, 5) is 8.02. The molecule has 0 fully saturated rings. The zero-order chi connectivity index (χ0) is 21.3. The Morgan fingerprint density at radius 2 is 1.97 bits per heavy atom. The second-order valence-electron chi connectivity index (χ2n) is 6.81. The molecule has 154 valence electrons. The van der Waals surface area contributed by atoms with Gasteiger partial charge in [0.15, 0.2) is 11.5 Å². The van der Waals surface area contributed by atoms with Crippen molar-refractivity contribution in [2.45, 2.75) is 20.5 Å². The summed E-state index contributed by atoms with van der Waals surface area (Å²) in [7, 11) is 0. The van der Waals surface area contributed by atoms with Gasteiger partial charge >= 0.3 is 0 Å². The largest absolute Gasteiger partial charge is 0.490 e. The van der Waals surface area contributed by atoms with Crippen LogP contribution in [0.1, 0.15) is 18.1 Å². The van der Waals surface area contributed by atoms with Gasteiger partial charge in [0.2, 0.25) is 0 Å². The van der Waals surface area contributed by atoms with E-state index in [1.807, 2.05) is 38.1 Å². The van der Waals surface area contributed by atoms with Crippen LogP contribution in [0.3, 0.4) is 0 Å². The van der Waals surface area contributed by atoms with E-state index in [9.17, 15) is 4.39 Å². The van der Waals surface area contributed by atoms with E-state index in [2.05, 4.69) is 32.0 Å². The second kappa shape index (κ2) is 8.66. The zero-order valence-electron chi connectivity index (χ0n) is 16.4. The lowest BCUT2D eigenvalue weighted by atomic mass is 10.2. The first-order valence-corrected chi connectivity index (χ1v) is 10.6. The second-order valence-corrected chi connectivity index (χ2v) is 8.07. The number of ether oxygens (including phenoxy) is 2. The molecular weight excluding hydrogens is 471 g/mol. The van der Waals surface area contributed by atoms with Crippen molar-refractivity contribution in [1.29, 1.82) is 0 Å². The molecule has 0 aliphatic heterocycles. The smallest absolute Gasteiger partial charge is 0.175 e. The van der Waals surface area contributed by atoms with Gasteiger partial charge in [-0.15, -0.1) is 0 Å². The van der Waals surface area contributed by atoms with E-state index < -0.39 is 5.82 Å². The third-order valence-electron chi connectivity index (χ3n) is 4.64. The average molecular weight is 490 g/mol. The third-order valence-corrected chi connectivity index (χ3v) is 5.59. The fourth-order valence-electron chi connectivity index (χ4n) is 3.18. The number of H-pyrrole nitrogens is 1. The molecule has 0 bridgehead atoms. The number of rotatable bonds is 6. The lowest BCUT2D eigenvalue weighted by molar-refractivity contribution is 0.264. The van der Waals surface area contributed by atoms with Crippen LogP contribution < -0.4 is 9.47 Å². The number of aromatic amines is 1. The maximum absolute atomic E-state index is 14.1. The molecule has 30 heavy (non-hydrogen) atoms. The van der Waals surface area contributed by atoms with E-state index in [-0.39, 0.29) is 6.61 Å². The van der Waals surface area contributed by atoms with Crippen molar-refractivity contribution < 1.29 is 13.9 Å². The average Bonchev–Trinajstić information content (AvgIpc) is 3.12. The van der Waals surface area contributed by atoms with Crippen LogP contribution in [0, 0.1) is 12.7 Å². The summed E-state index contributed by atoms with van der Waals surface area (Å²) >= 11 is 9.67. The molecule has 0 atom stereocenters. The molecule has 0 unspecified atom stereocenters. The summed E-state index contributed by atoms with van der Waals surface area (Å²) in [5, 5.41) is 0.318. The van der Waals surface area contributed by atoms with Gasteiger partial charge in [0.05, 0.1) is 27.1 Å². The number of aryl methyl sites for hydroxylation is 1. The lowest BCUT2D eigenvalue weighted by Crippen LogP contribution is -2.03. The van der Waals surface area contributed by atoms with Crippen molar-refractivity contribution in [3.05, 3.63) is 75.0 Å². The first kappa shape index (κ1) is 20.7. The molecule has 4 rings (SSSR count). The molecule has 4 aromatic rings. The van der Waals surface area contributed by atoms with Crippen LogP contribution in [-0.2, 0) is 6.61 Å². The zero-order valence-corrected chi connectivity index (χ0v) is 18.8. The van der Waals surface area contributed by atoms with Gasteiger partial charge in [-0.2, -0.15) is 0 Å². The molecule has 0 saturated heterocycles. The molecular formula is C23H19BrClFN2O2. The SMILES string of the molecule is CCOc1cc(-c2nc3ccc(C)cc3[nH]2)cc(Br)c1OCc1c(F)cccc1Cl. The van der Waals surface area contributed by atoms with Gasteiger partial charge in [-0.25, -0.2) is 9.37 Å². The van der Waals surface area contributed by atoms with Crippen LogP contribution in [0.2, 0.25) is 5.02 Å². The Bertz CT molecular complexity index is 1210. The highest BCUT2D eigenvalue weighted by atomic mass is 79.9. The number of benzene rings is 3. The van der Waals surface area contributed by atoms with Crippen molar-refractivity contribution in [3.8, 4) is 22.9 Å². The molecule has 1 N–H and O–H groups in total. The summed E-state index contributed by atoms with van der Waals surface area (Å²) in [5.41, 5.74) is 4.15. The highest BCUT2D eigenvalue weighted by Gasteiger charge is 2.17. The summed E-state index contributed by atoms with van der Waals surface area (Å²) < 4.78 is 26.5. The van der Waals surface area contributed by atoms with Crippen LogP contribution in [0.4, 0.5) is 4.39 Å². The minimum atomic E-state index is -0.411. The van der Waals surface area contributed by atoms with Gasteiger partial charge in [0.25, 0.3) is 0 Å². The minimum Gasteiger partial charge on any atom is -0.490 e. The fraction of sp³-hybridized carbons (Fsp3) is 0.174. The number of aromatic nitrogens is 2. The van der Waals surface area contributed by atoms with Gasteiger partial charge in [-0.05, 0) is 71.7 Å². The number of nitrogens with one attached hydrogen (secondary N) is 1. The highest BCUT2D eigenvalue weighted by molar-refractivity contribution is 9.10. The van der Waals surface area contributed by atoms with E-state index >= 15 is 0 Å². The van der Waals surface area contributed by atoms with Crippen LogP contribution in [0.5, 0.6) is 11.5 Å². The predicted molar refractivity (Wildman–Crippen MR) is 121 cm³/mol. The molecule has 1 aromatic heterocycles. The maximum Gasteiger partial charge on any atom is 0.175 e. The molecule has 0 radical (unpaired) electrons. The van der Waals surface area contributed by atoms with Gasteiger partial charge in [0.1, 0.15) is 18.2 Å². The monoisotopic (exact) mass is 488 g/mol. The molecule has 7 heteroatoms. The number of hydrogen-bond acceptors (Lipinski definition) is 3. The molecule has 0 spiro atoms. The minimum absolute atomic E-state index is 0.0204. The number of fused-ring (bicyclic) bond motifs is 1. The number of hydrogen-bond donors (Lipinski definition) is 1. The Kier molecular flexibility index (Phi) is 5.97. The molecule has 4 nitrogen and oxygen atoms in total. The first-order valence-electron chi connectivity index (χ1n) is 9.45.